The Bertz CT molecular complexity index is 1240. The molecule has 4 rings (SSSR count). The number of ether oxygens (including phenoxy) is 1. The van der Waals surface area contributed by atoms with E-state index in [0.717, 1.165) is 149 Å². The maximum atomic E-state index is 9.03. The predicted molar refractivity (Wildman–Crippen MR) is 384 cm³/mol. The molecule has 0 bridgehead atoms. The molecule has 4 saturated heterocycles. The molecule has 0 amide bonds. The van der Waals surface area contributed by atoms with Gasteiger partial charge in [-0.05, 0) is 149 Å². The number of aliphatic hydroxyl groups is 14. The van der Waals surface area contributed by atoms with Crippen molar-refractivity contribution in [2.45, 2.75) is 200 Å². The molecule has 0 radical (unpaired) electrons. The first-order valence-corrected chi connectivity index (χ1v) is 35.1. The SMILES string of the molecule is CC(C)C(N)CO.CCC(C)C(N)CO.CCC(N)CO.CCCC(N)CO.CCCCC(N)CO.CN(C)CCOCCO.CN1CCC(O)C1.NCCCCCO.OC1CCNC1.OCC(O)CN1CCCC1.OCCN1CCCC1.OCCNCCNCCO. The van der Waals surface area contributed by atoms with Crippen LogP contribution in [-0.4, -0.2) is 351 Å². The maximum absolute atomic E-state index is 9.03. The third kappa shape index (κ3) is 102. The molecule has 574 valence electrons. The molecule has 4 aliphatic heterocycles. The molecule has 4 aliphatic rings. The highest BCUT2D eigenvalue weighted by Crippen LogP contribution is 2.08. The lowest BCUT2D eigenvalue weighted by Crippen LogP contribution is -2.31. The van der Waals surface area contributed by atoms with E-state index in [2.05, 4.69) is 51.4 Å². The van der Waals surface area contributed by atoms with Gasteiger partial charge in [0.2, 0.25) is 0 Å². The van der Waals surface area contributed by atoms with Gasteiger partial charge >= 0.3 is 0 Å². The second-order valence-electron chi connectivity index (χ2n) is 24.1. The zero-order chi connectivity index (χ0) is 72.7. The fourth-order valence-electron chi connectivity index (χ4n) is 7.29. The van der Waals surface area contributed by atoms with Crippen molar-refractivity contribution in [3.05, 3.63) is 0 Å². The van der Waals surface area contributed by atoms with Gasteiger partial charge in [-0.1, -0.05) is 74.1 Å². The molecule has 93 heavy (non-hydrogen) atoms. The van der Waals surface area contributed by atoms with E-state index in [1.54, 1.807) is 0 Å². The number of aliphatic hydroxyl groups excluding tert-OH is 14. The van der Waals surface area contributed by atoms with Gasteiger partial charge in [-0.2, -0.15) is 0 Å². The highest BCUT2D eigenvalue weighted by molar-refractivity contribution is 4.71. The van der Waals surface area contributed by atoms with E-state index in [1.807, 2.05) is 53.7 Å². The van der Waals surface area contributed by atoms with Gasteiger partial charge in [-0.25, -0.2) is 0 Å². The molecule has 0 aliphatic carbocycles. The molecule has 0 aromatic carbocycles. The summed E-state index contributed by atoms with van der Waals surface area (Å²) in [4.78, 5) is 8.64. The van der Waals surface area contributed by atoms with Crippen molar-refractivity contribution in [3.63, 3.8) is 0 Å². The molecule has 4 heterocycles. The van der Waals surface area contributed by atoms with Crippen LogP contribution in [-0.2, 0) is 4.74 Å². The Balaban J connectivity index is -0.000000142. The van der Waals surface area contributed by atoms with Gasteiger partial charge in [0.05, 0.1) is 97.6 Å². The lowest BCUT2D eigenvalue weighted by molar-refractivity contribution is 0.0661. The van der Waals surface area contributed by atoms with Crippen LogP contribution in [0.5, 0.6) is 0 Å². The Hall–Kier alpha value is -1.12. The molecule has 0 aromatic heterocycles. The quantitative estimate of drug-likeness (QED) is 0.0281. The average Bonchev–Trinajstić information content (AvgIpc) is 4.67. The average molecular weight is 1360 g/mol. The summed E-state index contributed by atoms with van der Waals surface area (Å²) in [5, 5.41) is 128. The zero-order valence-corrected chi connectivity index (χ0v) is 61.0. The molecular weight excluding hydrogens is 1200 g/mol. The number of unbranched alkanes of at least 4 members (excludes halogenated alkanes) is 3. The van der Waals surface area contributed by atoms with Gasteiger partial charge in [-0.3, -0.25) is 0 Å². The number of nitrogens with zero attached hydrogens (tertiary/aromatic N) is 4. The van der Waals surface area contributed by atoms with Crippen LogP contribution in [0.2, 0.25) is 0 Å². The van der Waals surface area contributed by atoms with Gasteiger partial charge in [0.1, 0.15) is 0 Å². The van der Waals surface area contributed by atoms with Crippen LogP contribution in [0.1, 0.15) is 151 Å². The third-order valence-electron chi connectivity index (χ3n) is 14.2. The van der Waals surface area contributed by atoms with Crippen molar-refractivity contribution in [3.8, 4) is 0 Å². The summed E-state index contributed by atoms with van der Waals surface area (Å²) in [6.07, 6.45) is 16.5. The number of likely N-dealkylation sites (tertiary alicyclic amines) is 3. The molecule has 28 nitrogen and oxygen atoms in total. The molecule has 4 fully saturated rings. The molecule has 29 N–H and O–H groups in total. The van der Waals surface area contributed by atoms with Crippen molar-refractivity contribution in [2.75, 3.05) is 212 Å². The van der Waals surface area contributed by atoms with Crippen LogP contribution in [0, 0.1) is 11.8 Å². The summed E-state index contributed by atoms with van der Waals surface area (Å²) in [6.45, 7) is 31.3. The lowest BCUT2D eigenvalue weighted by atomic mass is 10.0. The fourth-order valence-corrected chi connectivity index (χ4v) is 7.29. The van der Waals surface area contributed by atoms with Crippen LogP contribution in [0.15, 0.2) is 0 Å². The Morgan fingerprint density at radius 2 is 1.08 bits per heavy atom. The van der Waals surface area contributed by atoms with E-state index in [-0.39, 0.29) is 102 Å². The zero-order valence-electron chi connectivity index (χ0n) is 61.0. The first-order chi connectivity index (χ1) is 44.4. The van der Waals surface area contributed by atoms with Crippen LogP contribution >= 0.6 is 0 Å². The van der Waals surface area contributed by atoms with Crippen molar-refractivity contribution in [1.82, 2.24) is 35.6 Å². The van der Waals surface area contributed by atoms with Crippen molar-refractivity contribution in [2.24, 2.45) is 46.2 Å². The highest BCUT2D eigenvalue weighted by Gasteiger charge is 2.16. The highest BCUT2D eigenvalue weighted by atomic mass is 16.5. The largest absolute Gasteiger partial charge is 0.396 e. The van der Waals surface area contributed by atoms with Gasteiger partial charge in [0.15, 0.2) is 0 Å². The third-order valence-corrected chi connectivity index (χ3v) is 14.2. The molecule has 0 saturated carbocycles. The first-order valence-electron chi connectivity index (χ1n) is 35.1. The fraction of sp³-hybridized carbons (Fsp3) is 1.00. The van der Waals surface area contributed by atoms with E-state index in [9.17, 15) is 0 Å². The molecule has 0 aromatic rings. The topological polar surface area (TPSA) is 498 Å². The number of likely N-dealkylation sites (N-methyl/N-ethyl adjacent to an activating group) is 2. The smallest absolute Gasteiger partial charge is 0.0897 e. The summed E-state index contributed by atoms with van der Waals surface area (Å²) in [5.74, 6) is 0.838. The second-order valence-corrected chi connectivity index (χ2v) is 24.1. The van der Waals surface area contributed by atoms with Crippen LogP contribution in [0.4, 0.5) is 0 Å². The van der Waals surface area contributed by atoms with Crippen molar-refractivity contribution < 1.29 is 76.2 Å². The standard InChI is InChI=1S/C7H15NO2.C6H16N2O2.C6H15NO2.C6H13NO.2C6H15NO.C5H11NO.3C5H13NO.C4H9NO.C4H11NO/c9-6-7(10)5-8-3-1-2-4-8;9-5-3-7-1-2-8-4-6-10;1-7(2)3-5-9-6-4-8;8-6-5-7-3-1-2-4-7;1-3-5(2)6(7)4-8;1-2-3-4-6(7)5-8;1-6-3-2-5(7)4-6;1-4(2)5(6)3-7;1-2-3-5(6)4-7;6-4-2-1-3-5-7;6-4-1-2-5-3-4;1-2-4(5)3-6/h7,9-10H,1-6H2;7-10H,1-6H2;8H,3-6H2,1-2H3;8H,1-6H2;5-6,8H,3-4,7H2,1-2H3;6,8H,2-5,7H2,1H3;5,7H,2-4H2,1H3;4-5,7H,3,6H2,1-2H3;5,7H,2-4,6H2,1H3;7H,1-6H2;4-6H,1-3H2;4,6H,2-3,5H2,1H3. The number of nitrogens with one attached hydrogen (secondary N) is 3. The number of β-amino-alcohol motifs (C(OH)–C–C–N with tert-alkyl or cyclic N) is 4. The minimum Gasteiger partial charge on any atom is -0.396 e. The van der Waals surface area contributed by atoms with E-state index < -0.39 is 6.10 Å². The molecule has 0 spiro atoms. The summed E-state index contributed by atoms with van der Waals surface area (Å²) in [6, 6.07) is -0.0649. The van der Waals surface area contributed by atoms with Crippen molar-refractivity contribution >= 4 is 0 Å². The van der Waals surface area contributed by atoms with Gasteiger partial charge < -0.3 is 146 Å². The Morgan fingerprint density at radius 1 is 0.548 bits per heavy atom. The molecular formula is C65H159N13O15. The number of rotatable bonds is 35. The Kier molecular flexibility index (Phi) is 105. The number of hydrogen-bond acceptors (Lipinski definition) is 28. The molecule has 9 atom stereocenters. The number of hydrogen-bond donors (Lipinski definition) is 23. The van der Waals surface area contributed by atoms with Gasteiger partial charge in [-0.15, -0.1) is 0 Å². The van der Waals surface area contributed by atoms with Crippen molar-refractivity contribution in [1.29, 1.82) is 0 Å². The summed E-state index contributed by atoms with van der Waals surface area (Å²) >= 11 is 0. The number of nitrogens with two attached hydrogens (primary N) is 6. The Morgan fingerprint density at radius 3 is 1.34 bits per heavy atom. The van der Waals surface area contributed by atoms with E-state index in [4.69, 9.17) is 111 Å². The lowest BCUT2D eigenvalue weighted by Gasteiger charge is -2.17. The van der Waals surface area contributed by atoms with Gasteiger partial charge in [0.25, 0.3) is 0 Å². The van der Waals surface area contributed by atoms with E-state index in [0.29, 0.717) is 57.9 Å². The predicted octanol–water partition coefficient (Wildman–Crippen LogP) is -3.02. The van der Waals surface area contributed by atoms with E-state index >= 15 is 0 Å². The normalized spacial score (nSPS) is 17.9. The van der Waals surface area contributed by atoms with E-state index in [1.165, 1.54) is 38.8 Å². The first kappa shape index (κ1) is 108. The summed E-state index contributed by atoms with van der Waals surface area (Å²) in [7, 11) is 6.00. The Labute approximate surface area is 567 Å². The van der Waals surface area contributed by atoms with Crippen LogP contribution in [0.3, 0.4) is 0 Å². The van der Waals surface area contributed by atoms with Crippen LogP contribution in [0.25, 0.3) is 0 Å². The van der Waals surface area contributed by atoms with Gasteiger partial charge in [0, 0.05) is 102 Å². The monoisotopic (exact) mass is 1360 g/mol. The molecule has 28 heteroatoms. The second kappa shape index (κ2) is 90.9. The molecule has 9 unspecified atom stereocenters. The maximum Gasteiger partial charge on any atom is 0.0897 e. The summed E-state index contributed by atoms with van der Waals surface area (Å²) in [5.41, 5.74) is 32.0. The van der Waals surface area contributed by atoms with Crippen LogP contribution < -0.4 is 50.4 Å². The summed E-state index contributed by atoms with van der Waals surface area (Å²) < 4.78 is 5.00. The minimum absolute atomic E-state index is 0.00463. The minimum atomic E-state index is -0.543.